The number of nitrogen functional groups attached to an aromatic ring is 1. The quantitative estimate of drug-likeness (QED) is 0.836. The molecular weight excluding hydrogens is 330 g/mol. The predicted molar refractivity (Wildman–Crippen MR) is 92.5 cm³/mol. The van der Waals surface area contributed by atoms with Crippen LogP contribution >= 0.6 is 12.4 Å². The molecule has 24 heavy (non-hydrogen) atoms. The Bertz CT molecular complexity index is 627. The molecule has 0 bridgehead atoms. The summed E-state index contributed by atoms with van der Waals surface area (Å²) in [5.74, 6) is 0.987. The SMILES string of the molecule is CC1CCCC(C)N1[N-][n+]1noc(N)c1COc1ccccc1.Cl. The highest BCUT2D eigenvalue weighted by Gasteiger charge is 2.27. The molecule has 1 aromatic heterocycles. The van der Waals surface area contributed by atoms with Crippen LogP contribution < -0.4 is 15.3 Å². The van der Waals surface area contributed by atoms with Crippen LogP contribution in [0.3, 0.4) is 0 Å². The zero-order valence-corrected chi connectivity index (χ0v) is 14.8. The number of hydrogen-bond donors (Lipinski definition) is 1. The average Bonchev–Trinajstić information content (AvgIpc) is 2.90. The third-order valence-corrected chi connectivity index (χ3v) is 4.20. The molecule has 132 valence electrons. The number of piperidine rings is 1. The molecule has 1 saturated heterocycles. The van der Waals surface area contributed by atoms with Gasteiger partial charge in [-0.25, -0.2) is 5.01 Å². The predicted octanol–water partition coefficient (Wildman–Crippen LogP) is 2.86. The van der Waals surface area contributed by atoms with Gasteiger partial charge in [-0.15, -0.1) is 17.9 Å². The highest BCUT2D eigenvalue weighted by atomic mass is 35.5. The summed E-state index contributed by atoms with van der Waals surface area (Å²) < 4.78 is 10.8. The second-order valence-corrected chi connectivity index (χ2v) is 5.97. The van der Waals surface area contributed by atoms with Gasteiger partial charge in [0, 0.05) is 12.1 Å². The summed E-state index contributed by atoms with van der Waals surface area (Å²) >= 11 is 0. The van der Waals surface area contributed by atoms with Gasteiger partial charge in [0.1, 0.15) is 5.75 Å². The Labute approximate surface area is 148 Å². The van der Waals surface area contributed by atoms with E-state index in [4.69, 9.17) is 15.0 Å². The zero-order chi connectivity index (χ0) is 16.2. The molecule has 1 aliphatic rings. The lowest BCUT2D eigenvalue weighted by Crippen LogP contribution is -2.50. The first kappa shape index (κ1) is 18.4. The smallest absolute Gasteiger partial charge is 0.303 e. The zero-order valence-electron chi connectivity index (χ0n) is 14.0. The number of ether oxygens (including phenoxy) is 1. The minimum absolute atomic E-state index is 0. The van der Waals surface area contributed by atoms with Crippen LogP contribution in [0.15, 0.2) is 34.9 Å². The molecule has 0 spiro atoms. The highest BCUT2D eigenvalue weighted by molar-refractivity contribution is 5.85. The van der Waals surface area contributed by atoms with E-state index in [1.165, 1.54) is 11.2 Å². The third-order valence-electron chi connectivity index (χ3n) is 4.20. The molecule has 1 fully saturated rings. The van der Waals surface area contributed by atoms with Crippen molar-refractivity contribution >= 4 is 18.3 Å². The first-order chi connectivity index (χ1) is 11.1. The molecule has 1 aromatic carbocycles. The van der Waals surface area contributed by atoms with Crippen molar-refractivity contribution in [3.8, 4) is 5.75 Å². The Kier molecular flexibility index (Phi) is 6.28. The van der Waals surface area contributed by atoms with Gasteiger partial charge in [0.15, 0.2) is 6.61 Å². The Morgan fingerprint density at radius 3 is 2.62 bits per heavy atom. The number of benzene rings is 1. The number of rotatable bonds is 5. The van der Waals surface area contributed by atoms with Crippen LogP contribution in [-0.4, -0.2) is 22.4 Å². The van der Waals surface area contributed by atoms with Crippen molar-refractivity contribution in [2.24, 2.45) is 0 Å². The van der Waals surface area contributed by atoms with Crippen LogP contribution in [0, 0.1) is 0 Å². The molecular formula is C16H24ClN5O2. The Morgan fingerprint density at radius 2 is 1.96 bits per heavy atom. The van der Waals surface area contributed by atoms with Gasteiger partial charge in [-0.2, -0.15) is 0 Å². The molecule has 2 aromatic rings. The van der Waals surface area contributed by atoms with E-state index in [1.807, 2.05) is 30.3 Å². The van der Waals surface area contributed by atoms with Gasteiger partial charge in [0.2, 0.25) is 0 Å². The van der Waals surface area contributed by atoms with E-state index in [2.05, 4.69) is 29.7 Å². The fourth-order valence-corrected chi connectivity index (χ4v) is 2.83. The van der Waals surface area contributed by atoms with E-state index in [0.29, 0.717) is 17.8 Å². The molecule has 0 aliphatic carbocycles. The maximum Gasteiger partial charge on any atom is 0.303 e. The molecule has 2 N–H and O–H groups in total. The van der Waals surface area contributed by atoms with Crippen molar-refractivity contribution in [3.05, 3.63) is 41.6 Å². The van der Waals surface area contributed by atoms with Crippen molar-refractivity contribution < 1.29 is 14.1 Å². The monoisotopic (exact) mass is 353 g/mol. The summed E-state index contributed by atoms with van der Waals surface area (Å²) in [7, 11) is 0. The van der Waals surface area contributed by atoms with E-state index >= 15 is 0 Å². The third kappa shape index (κ3) is 4.10. The lowest BCUT2D eigenvalue weighted by atomic mass is 10.00. The van der Waals surface area contributed by atoms with E-state index in [-0.39, 0.29) is 24.9 Å². The lowest BCUT2D eigenvalue weighted by Gasteiger charge is -2.38. The van der Waals surface area contributed by atoms with E-state index in [0.717, 1.165) is 18.6 Å². The van der Waals surface area contributed by atoms with Crippen molar-refractivity contribution in [3.63, 3.8) is 0 Å². The van der Waals surface area contributed by atoms with Gasteiger partial charge < -0.3 is 15.0 Å². The van der Waals surface area contributed by atoms with E-state index in [1.54, 1.807) is 0 Å². The highest BCUT2D eigenvalue weighted by Crippen LogP contribution is 2.24. The number of nitrogens with zero attached hydrogens (tertiary/aromatic N) is 4. The first-order valence-electron chi connectivity index (χ1n) is 7.99. The van der Waals surface area contributed by atoms with E-state index in [9.17, 15) is 0 Å². The van der Waals surface area contributed by atoms with Crippen molar-refractivity contribution in [1.82, 2.24) is 10.3 Å². The molecule has 8 heteroatoms. The molecule has 0 radical (unpaired) electrons. The normalized spacial score (nSPS) is 21.1. The maximum absolute atomic E-state index is 5.87. The first-order valence-corrected chi connectivity index (χ1v) is 7.99. The Balaban J connectivity index is 0.00000208. The fourth-order valence-electron chi connectivity index (χ4n) is 2.83. The molecule has 0 amide bonds. The molecule has 7 nitrogen and oxygen atoms in total. The van der Waals surface area contributed by atoms with Gasteiger partial charge in [-0.1, -0.05) is 29.4 Å². The molecule has 1 aliphatic heterocycles. The van der Waals surface area contributed by atoms with E-state index < -0.39 is 0 Å². The molecule has 0 saturated carbocycles. The van der Waals surface area contributed by atoms with Crippen LogP contribution in [0.1, 0.15) is 38.8 Å². The Morgan fingerprint density at radius 1 is 1.29 bits per heavy atom. The topological polar surface area (TPSA) is 82.5 Å². The average molecular weight is 354 g/mol. The Hall–Kier alpha value is -1.99. The summed E-state index contributed by atoms with van der Waals surface area (Å²) in [5, 5.41) is 5.99. The minimum atomic E-state index is 0. The van der Waals surface area contributed by atoms with Crippen LogP contribution in [0.5, 0.6) is 5.75 Å². The largest absolute Gasteiger partial charge is 0.482 e. The van der Waals surface area contributed by atoms with Gasteiger partial charge in [-0.05, 0) is 44.1 Å². The van der Waals surface area contributed by atoms with Crippen molar-refractivity contribution in [2.45, 2.75) is 51.8 Å². The number of anilines is 1. The van der Waals surface area contributed by atoms with Gasteiger partial charge in [0.25, 0.3) is 5.88 Å². The van der Waals surface area contributed by atoms with Gasteiger partial charge >= 0.3 is 5.69 Å². The second-order valence-electron chi connectivity index (χ2n) is 5.97. The fraction of sp³-hybridized carbons (Fsp3) is 0.500. The number of para-hydroxylation sites is 1. The number of hydrogen-bond acceptors (Lipinski definition) is 5. The van der Waals surface area contributed by atoms with Crippen molar-refractivity contribution in [1.29, 1.82) is 0 Å². The number of halogens is 1. The molecule has 3 rings (SSSR count). The van der Waals surface area contributed by atoms with Crippen LogP contribution in [0.4, 0.5) is 5.88 Å². The van der Waals surface area contributed by atoms with Gasteiger partial charge in [0.05, 0.1) is 0 Å². The van der Waals surface area contributed by atoms with Crippen LogP contribution in [0.25, 0.3) is 5.53 Å². The summed E-state index contributed by atoms with van der Waals surface area (Å²) in [6, 6.07) is 10.3. The molecule has 2 unspecified atom stereocenters. The van der Waals surface area contributed by atoms with Crippen LogP contribution in [-0.2, 0) is 6.61 Å². The van der Waals surface area contributed by atoms with Crippen LogP contribution in [0.2, 0.25) is 0 Å². The summed E-state index contributed by atoms with van der Waals surface area (Å²) in [4.78, 5) is 1.44. The summed E-state index contributed by atoms with van der Waals surface area (Å²) in [5.41, 5.74) is 11.1. The van der Waals surface area contributed by atoms with Crippen molar-refractivity contribution in [2.75, 3.05) is 5.73 Å². The summed E-state index contributed by atoms with van der Waals surface area (Å²) in [6.45, 7) is 4.59. The molecule has 2 heterocycles. The lowest BCUT2D eigenvalue weighted by molar-refractivity contribution is -0.718. The number of aromatic nitrogens is 2. The molecule has 2 atom stereocenters. The summed E-state index contributed by atoms with van der Waals surface area (Å²) in [6.07, 6.45) is 3.47. The number of nitrogens with two attached hydrogens (primary N) is 1. The standard InChI is InChI=1S/C16H23N5O2.ClH/c1-12-7-6-8-13(2)20(12)18-21-15(16(17)23-19-21)11-22-14-9-4-3-5-10-14;/h3-5,9-10,12-13H,6-8,11,17H2,1-2H3;1H. The minimum Gasteiger partial charge on any atom is -0.482 e. The second kappa shape index (κ2) is 8.21. The maximum atomic E-state index is 5.87. The van der Waals surface area contributed by atoms with Gasteiger partial charge in [-0.3, -0.25) is 0 Å².